The number of anilines is 1. The molecule has 0 fully saturated rings. The first kappa shape index (κ1) is 17.3. The number of rotatable bonds is 7. The maximum absolute atomic E-state index is 11.8. The van der Waals surface area contributed by atoms with E-state index in [9.17, 15) is 21.6 Å². The first-order valence-corrected chi connectivity index (χ1v) is 8.12. The number of carboxylic acids is 1. The summed E-state index contributed by atoms with van der Waals surface area (Å²) in [6, 6.07) is 3.02. The fourth-order valence-electron chi connectivity index (χ4n) is 1.31. The molecular weight excluding hydrogens is 328 g/mol. The van der Waals surface area contributed by atoms with Gasteiger partial charge in [0, 0.05) is 12.2 Å². The van der Waals surface area contributed by atoms with Crippen LogP contribution >= 0.6 is 0 Å². The second-order valence-electron chi connectivity index (χ2n) is 3.70. The highest BCUT2D eigenvalue weighted by Gasteiger charge is 2.17. The number of carboxylic acid groups (broad SMARTS) is 1. The zero-order valence-corrected chi connectivity index (χ0v) is 12.0. The van der Waals surface area contributed by atoms with Gasteiger partial charge in [-0.15, -0.1) is 0 Å². The molecule has 1 aromatic rings. The monoisotopic (exact) mass is 340 g/mol. The number of nitrogens with two attached hydrogens (primary N) is 1. The summed E-state index contributed by atoms with van der Waals surface area (Å²) in [6.45, 7) is -1.04. The molecule has 0 saturated carbocycles. The van der Waals surface area contributed by atoms with Crippen molar-refractivity contribution in [2.45, 2.75) is 4.90 Å². The largest absolute Gasteiger partial charge is 0.478 e. The highest BCUT2D eigenvalue weighted by Crippen LogP contribution is 2.17. The number of hydrogen-bond acceptors (Lipinski definition) is 7. The quantitative estimate of drug-likeness (QED) is 0.277. The van der Waals surface area contributed by atoms with E-state index in [1.54, 1.807) is 0 Å². The van der Waals surface area contributed by atoms with Crippen LogP contribution < -0.4 is 10.5 Å². The lowest BCUT2D eigenvalue weighted by atomic mass is 10.2. The topological polar surface area (TPSA) is 173 Å². The van der Waals surface area contributed by atoms with Crippen LogP contribution in [-0.4, -0.2) is 45.6 Å². The molecule has 0 aliphatic carbocycles. The predicted molar refractivity (Wildman–Crippen MR) is 70.5 cm³/mol. The molecule has 0 heterocycles. The van der Waals surface area contributed by atoms with E-state index in [2.05, 4.69) is 4.18 Å². The molecule has 0 aromatic heterocycles. The summed E-state index contributed by atoms with van der Waals surface area (Å²) < 4.78 is 58.3. The summed E-state index contributed by atoms with van der Waals surface area (Å²) in [5, 5.41) is 8.77. The molecule has 10 nitrogen and oxygen atoms in total. The molecule has 0 saturated heterocycles. The SMILES string of the molecule is Nc1cc(S(=O)(=O)NCCOS(=O)(=O)O)ccc1C(=O)O. The Hall–Kier alpha value is -1.73. The van der Waals surface area contributed by atoms with E-state index in [1.807, 2.05) is 4.72 Å². The number of sulfonamides is 1. The minimum atomic E-state index is -4.65. The minimum Gasteiger partial charge on any atom is -0.478 e. The second-order valence-corrected chi connectivity index (χ2v) is 6.56. The predicted octanol–water partition coefficient (Wildman–Crippen LogP) is -0.935. The van der Waals surface area contributed by atoms with Gasteiger partial charge in [-0.2, -0.15) is 8.42 Å². The van der Waals surface area contributed by atoms with Crippen LogP contribution in [0.25, 0.3) is 0 Å². The van der Waals surface area contributed by atoms with Crippen molar-refractivity contribution in [3.05, 3.63) is 23.8 Å². The number of nitrogens with one attached hydrogen (secondary N) is 1. The number of nitrogen functional groups attached to an aromatic ring is 1. The molecule has 0 aliphatic rings. The van der Waals surface area contributed by atoms with Gasteiger partial charge in [-0.05, 0) is 18.2 Å². The summed E-state index contributed by atoms with van der Waals surface area (Å²) >= 11 is 0. The minimum absolute atomic E-state index is 0.237. The maximum atomic E-state index is 11.8. The molecule has 1 aromatic carbocycles. The summed E-state index contributed by atoms with van der Waals surface area (Å²) in [6.07, 6.45) is 0. The summed E-state index contributed by atoms with van der Waals surface area (Å²) in [5.74, 6) is -1.30. The van der Waals surface area contributed by atoms with Crippen LogP contribution in [0.1, 0.15) is 10.4 Å². The van der Waals surface area contributed by atoms with Gasteiger partial charge in [0.1, 0.15) is 0 Å². The van der Waals surface area contributed by atoms with Gasteiger partial charge in [0.2, 0.25) is 10.0 Å². The van der Waals surface area contributed by atoms with Crippen molar-refractivity contribution in [3.63, 3.8) is 0 Å². The molecule has 0 bridgehead atoms. The molecular formula is C9H12N2O8S2. The van der Waals surface area contributed by atoms with E-state index in [0.717, 1.165) is 18.2 Å². The van der Waals surface area contributed by atoms with Crippen LogP contribution in [0.5, 0.6) is 0 Å². The highest BCUT2D eigenvalue weighted by atomic mass is 32.3. The molecule has 0 atom stereocenters. The lowest BCUT2D eigenvalue weighted by Gasteiger charge is -2.08. The average molecular weight is 340 g/mol. The van der Waals surface area contributed by atoms with Gasteiger partial charge in [0.25, 0.3) is 0 Å². The average Bonchev–Trinajstić information content (AvgIpc) is 2.33. The Morgan fingerprint density at radius 2 is 1.90 bits per heavy atom. The van der Waals surface area contributed by atoms with Crippen LogP contribution in [0.3, 0.4) is 0 Å². The Morgan fingerprint density at radius 1 is 1.29 bits per heavy atom. The fourth-order valence-corrected chi connectivity index (χ4v) is 2.65. The summed E-state index contributed by atoms with van der Waals surface area (Å²) in [7, 11) is -8.67. The van der Waals surface area contributed by atoms with Crippen LogP contribution in [0.2, 0.25) is 0 Å². The Morgan fingerprint density at radius 3 is 2.38 bits per heavy atom. The second kappa shape index (κ2) is 6.36. The Kier molecular flexibility index (Phi) is 5.25. The maximum Gasteiger partial charge on any atom is 0.397 e. The van der Waals surface area contributed by atoms with Crippen LogP contribution in [0.15, 0.2) is 23.1 Å². The van der Waals surface area contributed by atoms with Gasteiger partial charge in [-0.3, -0.25) is 4.55 Å². The van der Waals surface area contributed by atoms with E-state index in [-0.39, 0.29) is 16.1 Å². The molecule has 21 heavy (non-hydrogen) atoms. The third-order valence-electron chi connectivity index (χ3n) is 2.19. The third kappa shape index (κ3) is 5.28. The number of aromatic carboxylic acids is 1. The molecule has 12 heteroatoms. The van der Waals surface area contributed by atoms with Gasteiger partial charge >= 0.3 is 16.4 Å². The van der Waals surface area contributed by atoms with Crippen molar-refractivity contribution < 1.29 is 35.5 Å². The smallest absolute Gasteiger partial charge is 0.397 e. The van der Waals surface area contributed by atoms with E-state index in [4.69, 9.17) is 15.4 Å². The number of benzene rings is 1. The lowest BCUT2D eigenvalue weighted by molar-refractivity contribution is 0.0698. The van der Waals surface area contributed by atoms with Crippen LogP contribution in [0.4, 0.5) is 5.69 Å². The normalized spacial score (nSPS) is 12.2. The van der Waals surface area contributed by atoms with E-state index >= 15 is 0 Å². The first-order valence-electron chi connectivity index (χ1n) is 5.27. The van der Waals surface area contributed by atoms with Crippen molar-refractivity contribution in [2.75, 3.05) is 18.9 Å². The lowest BCUT2D eigenvalue weighted by Crippen LogP contribution is -2.28. The highest BCUT2D eigenvalue weighted by molar-refractivity contribution is 7.89. The Bertz CT molecular complexity index is 741. The summed E-state index contributed by atoms with van der Waals surface area (Å²) in [5.41, 5.74) is 4.94. The van der Waals surface area contributed by atoms with Crippen LogP contribution in [0, 0.1) is 0 Å². The van der Waals surface area contributed by atoms with Gasteiger partial charge in [-0.25, -0.2) is 22.1 Å². The van der Waals surface area contributed by atoms with Gasteiger partial charge < -0.3 is 10.8 Å². The molecule has 1 rings (SSSR count). The molecule has 0 spiro atoms. The van der Waals surface area contributed by atoms with Gasteiger partial charge in [-0.1, -0.05) is 0 Å². The Balaban J connectivity index is 2.79. The number of carbonyl (C=O) groups is 1. The van der Waals surface area contributed by atoms with Crippen molar-refractivity contribution in [3.8, 4) is 0 Å². The zero-order valence-electron chi connectivity index (χ0n) is 10.4. The van der Waals surface area contributed by atoms with Crippen molar-refractivity contribution >= 4 is 32.1 Å². The molecule has 0 unspecified atom stereocenters. The molecule has 0 aliphatic heterocycles. The van der Waals surface area contributed by atoms with Gasteiger partial charge in [0.05, 0.1) is 17.1 Å². The fraction of sp³-hybridized carbons (Fsp3) is 0.222. The van der Waals surface area contributed by atoms with Crippen molar-refractivity contribution in [2.24, 2.45) is 0 Å². The molecule has 5 N–H and O–H groups in total. The zero-order chi connectivity index (χ0) is 16.3. The van der Waals surface area contributed by atoms with E-state index in [0.29, 0.717) is 0 Å². The van der Waals surface area contributed by atoms with Crippen molar-refractivity contribution in [1.29, 1.82) is 0 Å². The van der Waals surface area contributed by atoms with Crippen molar-refractivity contribution in [1.82, 2.24) is 4.72 Å². The van der Waals surface area contributed by atoms with E-state index < -0.39 is 39.5 Å². The molecule has 0 amide bonds. The molecule has 0 radical (unpaired) electrons. The summed E-state index contributed by atoms with van der Waals surface area (Å²) in [4.78, 5) is 10.5. The number of hydrogen-bond donors (Lipinski definition) is 4. The van der Waals surface area contributed by atoms with Crippen LogP contribution in [-0.2, 0) is 24.6 Å². The van der Waals surface area contributed by atoms with Gasteiger partial charge in [0.15, 0.2) is 0 Å². The standard InChI is InChI=1S/C9H12N2O8S2/c10-8-5-6(1-2-7(8)9(12)13)20(14,15)11-3-4-19-21(16,17)18/h1-2,5,11H,3-4,10H2,(H,12,13)(H,16,17,18). The Labute approximate surface area is 120 Å². The third-order valence-corrected chi connectivity index (χ3v) is 4.11. The molecule has 118 valence electrons. The first-order chi connectivity index (χ1) is 9.53. The van der Waals surface area contributed by atoms with E-state index in [1.165, 1.54) is 0 Å².